The third-order valence-corrected chi connectivity index (χ3v) is 6.86. The summed E-state index contributed by atoms with van der Waals surface area (Å²) in [5, 5.41) is 27.6. The second-order valence-electron chi connectivity index (χ2n) is 9.39. The lowest BCUT2D eigenvalue weighted by molar-refractivity contribution is -0.144. The minimum absolute atomic E-state index is 0.227. The Morgan fingerprint density at radius 1 is 0.882 bits per heavy atom. The van der Waals surface area contributed by atoms with Crippen molar-refractivity contribution in [3.05, 3.63) is 71.8 Å². The number of carboxylic acid groups (broad SMARTS) is 1. The molecule has 0 bridgehead atoms. The van der Waals surface area contributed by atoms with Crippen LogP contribution in [0, 0.1) is 0 Å². The van der Waals surface area contributed by atoms with Gasteiger partial charge in [0.2, 0.25) is 0 Å². The number of unbranched alkanes of at least 4 members (excludes halogenated alkanes) is 1. The number of hydrogen-bond acceptors (Lipinski definition) is 6. The highest BCUT2D eigenvalue weighted by Crippen LogP contribution is 2.29. The lowest BCUT2D eigenvalue weighted by Gasteiger charge is -2.40. The van der Waals surface area contributed by atoms with E-state index in [4.69, 9.17) is 15.8 Å². The monoisotopic (exact) mass is 467 g/mol. The zero-order valence-electron chi connectivity index (χ0n) is 19.9. The molecule has 2 aromatic carbocycles. The normalized spacial score (nSPS) is 16.9. The van der Waals surface area contributed by atoms with Gasteiger partial charge in [-0.2, -0.15) is 0 Å². The number of nitrogens with zero attached hydrogens (tertiary/aromatic N) is 2. The summed E-state index contributed by atoms with van der Waals surface area (Å²) < 4.78 is 0. The first-order valence-electron chi connectivity index (χ1n) is 12.3. The Morgan fingerprint density at radius 2 is 1.41 bits per heavy atom. The summed E-state index contributed by atoms with van der Waals surface area (Å²) in [6.45, 7) is 4.61. The van der Waals surface area contributed by atoms with Gasteiger partial charge in [-0.1, -0.05) is 73.5 Å². The number of benzene rings is 2. The zero-order chi connectivity index (χ0) is 24.4. The molecule has 1 fully saturated rings. The van der Waals surface area contributed by atoms with Gasteiger partial charge in [0.25, 0.3) is 0 Å². The number of carbonyl (C=O) groups is 1. The molecule has 0 aliphatic carbocycles. The van der Waals surface area contributed by atoms with Crippen molar-refractivity contribution in [3.63, 3.8) is 0 Å². The number of hydrogen-bond donors (Lipinski definition) is 4. The molecule has 1 saturated heterocycles. The van der Waals surface area contributed by atoms with Crippen molar-refractivity contribution >= 4 is 13.1 Å². The van der Waals surface area contributed by atoms with Crippen LogP contribution in [0.25, 0.3) is 0 Å². The highest BCUT2D eigenvalue weighted by molar-refractivity contribution is 6.40. The van der Waals surface area contributed by atoms with E-state index in [0.717, 1.165) is 39.1 Å². The minimum Gasteiger partial charge on any atom is -0.480 e. The molecule has 1 heterocycles. The first kappa shape index (κ1) is 26.4. The van der Waals surface area contributed by atoms with Crippen molar-refractivity contribution in [2.24, 2.45) is 5.73 Å². The zero-order valence-corrected chi connectivity index (χ0v) is 19.9. The molecule has 2 aromatic rings. The highest BCUT2D eigenvalue weighted by atomic mass is 16.4. The summed E-state index contributed by atoms with van der Waals surface area (Å²) in [4.78, 5) is 16.7. The summed E-state index contributed by atoms with van der Waals surface area (Å²) in [5.41, 5.74) is 7.55. The van der Waals surface area contributed by atoms with Gasteiger partial charge in [-0.3, -0.25) is 9.69 Å². The molecule has 1 atom stereocenters. The van der Waals surface area contributed by atoms with E-state index < -0.39 is 18.6 Å². The maximum Gasteiger partial charge on any atom is 0.451 e. The number of carboxylic acids is 1. The average Bonchev–Trinajstić information content (AvgIpc) is 2.84. The summed E-state index contributed by atoms with van der Waals surface area (Å²) >= 11 is 0. The van der Waals surface area contributed by atoms with Crippen LogP contribution in [0.3, 0.4) is 0 Å². The molecule has 0 saturated carbocycles. The molecular formula is C26H38BN3O4. The standard InChI is InChI=1S/C26H38BN3O4/c28-26(25(31)32,14-7-8-16-27(33)34)15-9-17-29-18-20-30(21-19-29)24(22-10-3-1-4-11-22)23-12-5-2-6-13-23/h1-6,10-13,24,33-34H,7-9,14-21,28H2,(H,31,32). The van der Waals surface area contributed by atoms with Crippen molar-refractivity contribution in [3.8, 4) is 0 Å². The van der Waals surface area contributed by atoms with E-state index in [9.17, 15) is 9.90 Å². The quantitative estimate of drug-likeness (QED) is 0.265. The topological polar surface area (TPSA) is 110 Å². The molecule has 3 rings (SSSR count). The number of nitrogens with two attached hydrogens (primary N) is 1. The van der Waals surface area contributed by atoms with Crippen LogP contribution in [0.2, 0.25) is 6.32 Å². The molecule has 1 aliphatic heterocycles. The Morgan fingerprint density at radius 3 is 1.91 bits per heavy atom. The SMILES string of the molecule is NC(CCCCB(O)O)(CCCN1CCN(C(c2ccccc2)c2ccccc2)CC1)C(=O)O. The molecule has 0 aromatic heterocycles. The van der Waals surface area contributed by atoms with Crippen molar-refractivity contribution in [2.75, 3.05) is 32.7 Å². The molecule has 1 unspecified atom stereocenters. The summed E-state index contributed by atoms with van der Waals surface area (Å²) in [5.74, 6) is -0.976. The number of rotatable bonds is 13. The van der Waals surface area contributed by atoms with Gasteiger partial charge >= 0.3 is 13.1 Å². The number of piperazine rings is 1. The van der Waals surface area contributed by atoms with Gasteiger partial charge in [0.15, 0.2) is 0 Å². The van der Waals surface area contributed by atoms with Crippen LogP contribution in [-0.4, -0.2) is 76.3 Å². The first-order valence-corrected chi connectivity index (χ1v) is 12.3. The van der Waals surface area contributed by atoms with Crippen LogP contribution >= 0.6 is 0 Å². The molecule has 0 radical (unpaired) electrons. The van der Waals surface area contributed by atoms with Crippen molar-refractivity contribution in [2.45, 2.75) is 50.0 Å². The predicted molar refractivity (Wildman–Crippen MR) is 135 cm³/mol. The van der Waals surface area contributed by atoms with E-state index in [2.05, 4.69) is 58.3 Å². The third-order valence-electron chi connectivity index (χ3n) is 6.86. The van der Waals surface area contributed by atoms with Crippen molar-refractivity contribution in [1.82, 2.24) is 9.80 Å². The lowest BCUT2D eigenvalue weighted by Crippen LogP contribution is -2.50. The van der Waals surface area contributed by atoms with Gasteiger partial charge in [-0.15, -0.1) is 0 Å². The molecule has 34 heavy (non-hydrogen) atoms. The molecule has 8 heteroatoms. The van der Waals surface area contributed by atoms with E-state index in [0.29, 0.717) is 25.7 Å². The van der Waals surface area contributed by atoms with Crippen molar-refractivity contribution in [1.29, 1.82) is 0 Å². The van der Waals surface area contributed by atoms with Gasteiger partial charge in [-0.05, 0) is 43.3 Å². The van der Waals surface area contributed by atoms with Crippen LogP contribution in [0.4, 0.5) is 0 Å². The van der Waals surface area contributed by atoms with E-state index in [1.54, 1.807) is 0 Å². The van der Waals surface area contributed by atoms with Gasteiger partial charge in [0.05, 0.1) is 6.04 Å². The van der Waals surface area contributed by atoms with E-state index in [1.807, 2.05) is 12.1 Å². The van der Waals surface area contributed by atoms with Crippen LogP contribution in [0.5, 0.6) is 0 Å². The van der Waals surface area contributed by atoms with Gasteiger partial charge in [0, 0.05) is 26.2 Å². The summed E-state index contributed by atoms with van der Waals surface area (Å²) in [6, 6.07) is 21.5. The fraction of sp³-hybridized carbons (Fsp3) is 0.500. The second-order valence-corrected chi connectivity index (χ2v) is 9.39. The maximum atomic E-state index is 11.8. The summed E-state index contributed by atoms with van der Waals surface area (Å²) in [6.07, 6.45) is 2.86. The lowest BCUT2D eigenvalue weighted by atomic mass is 9.81. The number of aliphatic carboxylic acids is 1. The van der Waals surface area contributed by atoms with Gasteiger partial charge in [0.1, 0.15) is 5.54 Å². The Balaban J connectivity index is 1.50. The fourth-order valence-electron chi connectivity index (χ4n) is 4.85. The van der Waals surface area contributed by atoms with Gasteiger partial charge < -0.3 is 25.8 Å². The van der Waals surface area contributed by atoms with E-state index >= 15 is 0 Å². The van der Waals surface area contributed by atoms with E-state index in [1.165, 1.54) is 11.1 Å². The van der Waals surface area contributed by atoms with Crippen LogP contribution < -0.4 is 5.73 Å². The summed E-state index contributed by atoms with van der Waals surface area (Å²) in [7, 11) is -1.35. The van der Waals surface area contributed by atoms with Crippen LogP contribution in [0.15, 0.2) is 60.7 Å². The Hall–Kier alpha value is -2.23. The highest BCUT2D eigenvalue weighted by Gasteiger charge is 2.33. The van der Waals surface area contributed by atoms with Crippen LogP contribution in [0.1, 0.15) is 49.3 Å². The Labute approximate surface area is 203 Å². The average molecular weight is 467 g/mol. The second kappa shape index (κ2) is 13.0. The first-order chi connectivity index (χ1) is 16.4. The largest absolute Gasteiger partial charge is 0.480 e. The minimum atomic E-state index is -1.35. The predicted octanol–water partition coefficient (Wildman–Crippen LogP) is 2.60. The van der Waals surface area contributed by atoms with Gasteiger partial charge in [-0.25, -0.2) is 0 Å². The Bertz CT molecular complexity index is 823. The maximum absolute atomic E-state index is 11.8. The van der Waals surface area contributed by atoms with Crippen LogP contribution in [-0.2, 0) is 4.79 Å². The smallest absolute Gasteiger partial charge is 0.451 e. The molecule has 0 spiro atoms. The molecule has 184 valence electrons. The Kier molecular flexibility index (Phi) is 10.1. The molecular weight excluding hydrogens is 429 g/mol. The molecule has 5 N–H and O–H groups in total. The molecule has 7 nitrogen and oxygen atoms in total. The van der Waals surface area contributed by atoms with Crippen molar-refractivity contribution < 1.29 is 19.9 Å². The molecule has 0 amide bonds. The fourth-order valence-corrected chi connectivity index (χ4v) is 4.85. The van der Waals surface area contributed by atoms with E-state index in [-0.39, 0.29) is 12.4 Å². The molecule has 1 aliphatic rings. The third kappa shape index (κ3) is 7.65.